The molecule has 1 fully saturated rings. The minimum atomic E-state index is -3.64. The maximum atomic E-state index is 13.2. The van der Waals surface area contributed by atoms with Gasteiger partial charge in [0.15, 0.2) is 6.61 Å². The summed E-state index contributed by atoms with van der Waals surface area (Å²) in [6, 6.07) is 12.8. The Morgan fingerprint density at radius 1 is 1.03 bits per heavy atom. The summed E-state index contributed by atoms with van der Waals surface area (Å²) < 4.78 is 33.5. The van der Waals surface area contributed by atoms with Crippen LogP contribution in [0.2, 0.25) is 0 Å². The second-order valence-corrected chi connectivity index (χ2v) is 11.4. The molecule has 1 aliphatic rings. The second kappa shape index (κ2) is 8.94. The Hall–Kier alpha value is -3.08. The van der Waals surface area contributed by atoms with Crippen molar-refractivity contribution in [1.29, 1.82) is 0 Å². The van der Waals surface area contributed by atoms with E-state index in [4.69, 9.17) is 4.74 Å². The third-order valence-corrected chi connectivity index (χ3v) is 9.22. The minimum absolute atomic E-state index is 0.155. The number of piperazine rings is 1. The van der Waals surface area contributed by atoms with Crippen LogP contribution in [0.15, 0.2) is 53.7 Å². The van der Waals surface area contributed by atoms with Crippen LogP contribution >= 0.6 is 11.3 Å². The van der Waals surface area contributed by atoms with Gasteiger partial charge in [-0.3, -0.25) is 4.79 Å². The lowest BCUT2D eigenvalue weighted by molar-refractivity contribution is -0.134. The summed E-state index contributed by atoms with van der Waals surface area (Å²) in [6.45, 7) is 4.94. The highest BCUT2D eigenvalue weighted by molar-refractivity contribution is 7.89. The molecule has 0 spiro atoms. The van der Waals surface area contributed by atoms with Gasteiger partial charge >= 0.3 is 0 Å². The molecule has 1 amide bonds. The lowest BCUT2D eigenvalue weighted by atomic mass is 10.1. The highest BCUT2D eigenvalue weighted by Gasteiger charge is 2.30. The van der Waals surface area contributed by atoms with E-state index in [0.29, 0.717) is 19.0 Å². The number of ether oxygens (including phenoxy) is 1. The van der Waals surface area contributed by atoms with Gasteiger partial charge in [-0.2, -0.15) is 4.31 Å². The third-order valence-electron chi connectivity index (χ3n) is 6.21. The first-order valence-corrected chi connectivity index (χ1v) is 13.2. The van der Waals surface area contributed by atoms with Crippen molar-refractivity contribution in [3.8, 4) is 5.88 Å². The zero-order valence-corrected chi connectivity index (χ0v) is 20.5. The number of benzene rings is 2. The van der Waals surface area contributed by atoms with Gasteiger partial charge in [0.05, 0.1) is 10.3 Å². The Kier molecular flexibility index (Phi) is 5.97. The molecule has 0 bridgehead atoms. The Bertz CT molecular complexity index is 1490. The predicted molar refractivity (Wildman–Crippen MR) is 132 cm³/mol. The molecule has 8 nitrogen and oxygen atoms in total. The van der Waals surface area contributed by atoms with Gasteiger partial charge in [0.25, 0.3) is 5.91 Å². The second-order valence-electron chi connectivity index (χ2n) is 8.22. The molecule has 0 N–H and O–H groups in total. The van der Waals surface area contributed by atoms with E-state index in [1.807, 2.05) is 44.2 Å². The third kappa shape index (κ3) is 4.13. The number of carbonyl (C=O) groups is 1. The van der Waals surface area contributed by atoms with Crippen molar-refractivity contribution in [2.75, 3.05) is 32.8 Å². The molecule has 0 saturated carbocycles. The maximum Gasteiger partial charge on any atom is 0.260 e. The van der Waals surface area contributed by atoms with Gasteiger partial charge in [-0.05, 0) is 42.3 Å². The normalized spacial score (nSPS) is 15.2. The highest BCUT2D eigenvalue weighted by Crippen LogP contribution is 2.33. The molecule has 2 aromatic carbocycles. The summed E-state index contributed by atoms with van der Waals surface area (Å²) in [5.41, 5.74) is 1.05. The Balaban J connectivity index is 1.23. The smallest absolute Gasteiger partial charge is 0.260 e. The number of aromatic nitrogens is 2. The Morgan fingerprint density at radius 3 is 2.53 bits per heavy atom. The number of aryl methyl sites for hydroxylation is 2. The van der Waals surface area contributed by atoms with Gasteiger partial charge in [0.2, 0.25) is 15.9 Å². The van der Waals surface area contributed by atoms with Gasteiger partial charge in [0.1, 0.15) is 11.2 Å². The summed E-state index contributed by atoms with van der Waals surface area (Å²) in [4.78, 5) is 25.1. The topological polar surface area (TPSA) is 92.7 Å². The van der Waals surface area contributed by atoms with Crippen LogP contribution in [-0.2, 0) is 14.8 Å². The van der Waals surface area contributed by atoms with Crippen LogP contribution in [0, 0.1) is 13.8 Å². The van der Waals surface area contributed by atoms with Crippen LogP contribution in [-0.4, -0.2) is 66.3 Å². The number of rotatable bonds is 5. The van der Waals surface area contributed by atoms with Gasteiger partial charge in [-0.25, -0.2) is 18.4 Å². The zero-order valence-electron chi connectivity index (χ0n) is 18.9. The number of nitrogens with zero attached hydrogens (tertiary/aromatic N) is 4. The minimum Gasteiger partial charge on any atom is -0.467 e. The first-order valence-electron chi connectivity index (χ1n) is 10.9. The van der Waals surface area contributed by atoms with Gasteiger partial charge < -0.3 is 9.64 Å². The number of hydrogen-bond acceptors (Lipinski definition) is 7. The Labute approximate surface area is 201 Å². The van der Waals surface area contributed by atoms with E-state index in [1.165, 1.54) is 10.6 Å². The standard InChI is InChI=1S/C24H24N4O4S2/c1-16-17(2)33-24-22(16)23(25-15-26-24)32-14-21(29)27-9-11-28(12-10-27)34(30,31)20-8-7-18-5-3-4-6-19(18)13-20/h3-8,13,15H,9-12,14H2,1-2H3. The van der Waals surface area contributed by atoms with Crippen molar-refractivity contribution >= 4 is 48.3 Å². The fourth-order valence-corrected chi connectivity index (χ4v) is 6.58. The zero-order chi connectivity index (χ0) is 23.9. The summed E-state index contributed by atoms with van der Waals surface area (Å²) in [6.07, 6.45) is 1.44. The molecule has 5 rings (SSSR count). The Morgan fingerprint density at radius 2 is 1.76 bits per heavy atom. The molecule has 1 aliphatic heterocycles. The molecule has 0 aliphatic carbocycles. The van der Waals surface area contributed by atoms with E-state index in [1.54, 1.807) is 28.4 Å². The molecule has 2 aromatic heterocycles. The van der Waals surface area contributed by atoms with E-state index < -0.39 is 10.0 Å². The monoisotopic (exact) mass is 496 g/mol. The molecule has 3 heterocycles. The van der Waals surface area contributed by atoms with Crippen molar-refractivity contribution in [3.63, 3.8) is 0 Å². The van der Waals surface area contributed by atoms with E-state index in [0.717, 1.165) is 31.4 Å². The number of carbonyl (C=O) groups excluding carboxylic acids is 1. The molecular weight excluding hydrogens is 472 g/mol. The van der Waals surface area contributed by atoms with Crippen LogP contribution < -0.4 is 4.74 Å². The molecule has 34 heavy (non-hydrogen) atoms. The van der Waals surface area contributed by atoms with Crippen LogP contribution in [0.25, 0.3) is 21.0 Å². The van der Waals surface area contributed by atoms with E-state index in [2.05, 4.69) is 9.97 Å². The lowest BCUT2D eigenvalue weighted by Crippen LogP contribution is -2.51. The molecule has 0 atom stereocenters. The van der Waals surface area contributed by atoms with Crippen LogP contribution in [0.1, 0.15) is 10.4 Å². The number of fused-ring (bicyclic) bond motifs is 2. The first kappa shape index (κ1) is 22.7. The summed E-state index contributed by atoms with van der Waals surface area (Å²) in [7, 11) is -3.64. The fourth-order valence-electron chi connectivity index (χ4n) is 4.14. The maximum absolute atomic E-state index is 13.2. The van der Waals surface area contributed by atoms with Crippen molar-refractivity contribution in [1.82, 2.24) is 19.2 Å². The van der Waals surface area contributed by atoms with E-state index in [9.17, 15) is 13.2 Å². The summed E-state index contributed by atoms with van der Waals surface area (Å²) >= 11 is 1.57. The molecule has 10 heteroatoms. The molecule has 4 aromatic rings. The average molecular weight is 497 g/mol. The molecule has 1 saturated heterocycles. The molecule has 0 unspecified atom stereocenters. The van der Waals surface area contributed by atoms with Crippen LogP contribution in [0.5, 0.6) is 5.88 Å². The summed E-state index contributed by atoms with van der Waals surface area (Å²) in [5, 5.41) is 2.71. The fraction of sp³-hybridized carbons (Fsp3) is 0.292. The molecule has 176 valence electrons. The quantitative estimate of drug-likeness (QED) is 0.421. The number of hydrogen-bond donors (Lipinski definition) is 0. The van der Waals surface area contributed by atoms with Gasteiger partial charge in [-0.15, -0.1) is 11.3 Å². The summed E-state index contributed by atoms with van der Waals surface area (Å²) in [5.74, 6) is 0.205. The van der Waals surface area contributed by atoms with Crippen molar-refractivity contribution in [2.24, 2.45) is 0 Å². The van der Waals surface area contributed by atoms with Gasteiger partial charge in [0, 0.05) is 31.1 Å². The van der Waals surface area contributed by atoms with E-state index in [-0.39, 0.29) is 30.5 Å². The van der Waals surface area contributed by atoms with Crippen molar-refractivity contribution < 1.29 is 17.9 Å². The van der Waals surface area contributed by atoms with Crippen molar-refractivity contribution in [3.05, 3.63) is 59.2 Å². The SMILES string of the molecule is Cc1sc2ncnc(OCC(=O)N3CCN(S(=O)(=O)c4ccc5ccccc5c4)CC3)c2c1C. The van der Waals surface area contributed by atoms with E-state index >= 15 is 0 Å². The largest absolute Gasteiger partial charge is 0.467 e. The molecular formula is C24H24N4O4S2. The lowest BCUT2D eigenvalue weighted by Gasteiger charge is -2.34. The number of thiophene rings is 1. The van der Waals surface area contributed by atoms with Gasteiger partial charge in [-0.1, -0.05) is 30.3 Å². The average Bonchev–Trinajstić information content (AvgIpc) is 3.16. The number of sulfonamides is 1. The number of amides is 1. The van der Waals surface area contributed by atoms with Crippen LogP contribution in [0.4, 0.5) is 0 Å². The predicted octanol–water partition coefficient (Wildman–Crippen LogP) is 3.37. The van der Waals surface area contributed by atoms with Crippen LogP contribution in [0.3, 0.4) is 0 Å². The van der Waals surface area contributed by atoms with Crippen molar-refractivity contribution in [2.45, 2.75) is 18.7 Å². The molecule has 0 radical (unpaired) electrons. The first-order chi connectivity index (χ1) is 16.3. The highest BCUT2D eigenvalue weighted by atomic mass is 32.2.